The maximum Gasteiger partial charge on any atom is 0.119 e. The summed E-state index contributed by atoms with van der Waals surface area (Å²) in [6.07, 6.45) is 1.53. The van der Waals surface area contributed by atoms with E-state index in [4.69, 9.17) is 9.47 Å². The molecule has 0 amide bonds. The molecule has 0 aromatic heterocycles. The van der Waals surface area contributed by atoms with Gasteiger partial charge in [0.2, 0.25) is 0 Å². The minimum Gasteiger partial charge on any atom is -0.493 e. The molecular formula is C16H27NO3S. The second-order valence-electron chi connectivity index (χ2n) is 5.91. The van der Waals surface area contributed by atoms with E-state index in [1.54, 1.807) is 11.8 Å². The minimum absolute atomic E-state index is 0.00323. The number of aliphatic hydroxyl groups is 1. The summed E-state index contributed by atoms with van der Waals surface area (Å²) in [6.45, 7) is 7.69. The summed E-state index contributed by atoms with van der Waals surface area (Å²) in [5, 5.41) is 13.1. The third kappa shape index (κ3) is 8.86. The van der Waals surface area contributed by atoms with E-state index in [9.17, 15) is 5.11 Å². The van der Waals surface area contributed by atoms with Gasteiger partial charge in [-0.15, -0.1) is 0 Å². The molecule has 21 heavy (non-hydrogen) atoms. The number of hydrogen-bond donors (Lipinski definition) is 2. The fourth-order valence-electron chi connectivity index (χ4n) is 1.55. The molecule has 0 saturated carbocycles. The van der Waals surface area contributed by atoms with Crippen LogP contribution in [0.4, 0.5) is 0 Å². The van der Waals surface area contributed by atoms with Crippen LogP contribution in [0, 0.1) is 0 Å². The highest BCUT2D eigenvalue weighted by atomic mass is 32.2. The van der Waals surface area contributed by atoms with Gasteiger partial charge in [-0.25, -0.2) is 0 Å². The van der Waals surface area contributed by atoms with Crippen LogP contribution in [0.15, 0.2) is 24.3 Å². The summed E-state index contributed by atoms with van der Waals surface area (Å²) in [7, 11) is 0. The molecule has 1 aromatic rings. The molecule has 1 aromatic carbocycles. The van der Waals surface area contributed by atoms with E-state index in [0.29, 0.717) is 13.2 Å². The Morgan fingerprint density at radius 1 is 1.14 bits per heavy atom. The van der Waals surface area contributed by atoms with Gasteiger partial charge in [0, 0.05) is 17.8 Å². The van der Waals surface area contributed by atoms with Crippen molar-refractivity contribution in [2.24, 2.45) is 0 Å². The topological polar surface area (TPSA) is 50.7 Å². The Morgan fingerprint density at radius 3 is 2.24 bits per heavy atom. The number of hydrogen-bond acceptors (Lipinski definition) is 5. The smallest absolute Gasteiger partial charge is 0.119 e. The second-order valence-corrected chi connectivity index (χ2v) is 6.89. The summed E-state index contributed by atoms with van der Waals surface area (Å²) < 4.78 is 11.1. The Hall–Kier alpha value is -0.910. The zero-order valence-electron chi connectivity index (χ0n) is 13.4. The Balaban J connectivity index is 2.28. The number of nitrogens with one attached hydrogen (secondary N) is 1. The maximum atomic E-state index is 9.86. The monoisotopic (exact) mass is 313 g/mol. The van der Waals surface area contributed by atoms with Gasteiger partial charge in [-0.05, 0) is 51.3 Å². The molecule has 0 aliphatic rings. The molecule has 120 valence electrons. The lowest BCUT2D eigenvalue weighted by Crippen LogP contribution is -2.42. The quantitative estimate of drug-likeness (QED) is 0.686. The molecule has 2 N–H and O–H groups in total. The molecule has 0 fully saturated rings. The van der Waals surface area contributed by atoms with Gasteiger partial charge >= 0.3 is 0 Å². The highest BCUT2D eigenvalue weighted by Crippen LogP contribution is 2.18. The predicted octanol–water partition coefficient (Wildman–Crippen LogP) is 2.56. The van der Waals surface area contributed by atoms with E-state index < -0.39 is 6.10 Å². The van der Waals surface area contributed by atoms with Crippen molar-refractivity contribution in [2.75, 3.05) is 31.8 Å². The van der Waals surface area contributed by atoms with Crippen molar-refractivity contribution in [3.05, 3.63) is 24.3 Å². The lowest BCUT2D eigenvalue weighted by atomic mass is 10.1. The average Bonchev–Trinajstić information content (AvgIpc) is 2.44. The van der Waals surface area contributed by atoms with Crippen LogP contribution in [0.5, 0.6) is 11.5 Å². The first kappa shape index (κ1) is 18.1. The molecule has 5 heteroatoms. The van der Waals surface area contributed by atoms with Gasteiger partial charge in [-0.1, -0.05) is 0 Å². The van der Waals surface area contributed by atoms with Gasteiger partial charge in [0.05, 0.1) is 6.61 Å². The SMILES string of the molecule is CSCCOc1ccc(OCC(O)CNC(C)(C)C)cc1. The number of thioether (sulfide) groups is 1. The predicted molar refractivity (Wildman–Crippen MR) is 89.6 cm³/mol. The van der Waals surface area contributed by atoms with Gasteiger partial charge in [-0.3, -0.25) is 0 Å². The number of aliphatic hydroxyl groups excluding tert-OH is 1. The Morgan fingerprint density at radius 2 is 1.71 bits per heavy atom. The van der Waals surface area contributed by atoms with Crippen LogP contribution in [0.1, 0.15) is 20.8 Å². The number of benzene rings is 1. The molecule has 0 radical (unpaired) electrons. The largest absolute Gasteiger partial charge is 0.493 e. The van der Waals surface area contributed by atoms with Crippen LogP contribution in [0.25, 0.3) is 0 Å². The maximum absolute atomic E-state index is 9.86. The van der Waals surface area contributed by atoms with Crippen LogP contribution in [-0.4, -0.2) is 48.5 Å². The fourth-order valence-corrected chi connectivity index (χ4v) is 1.80. The standard InChI is InChI=1S/C16H27NO3S/c1-16(2,3)17-11-13(18)12-20-15-7-5-14(6-8-15)19-9-10-21-4/h5-8,13,17-18H,9-12H2,1-4H3. The average molecular weight is 313 g/mol. The molecule has 4 nitrogen and oxygen atoms in total. The van der Waals surface area contributed by atoms with Gasteiger partial charge in [-0.2, -0.15) is 11.8 Å². The Bertz CT molecular complexity index is 390. The molecule has 0 heterocycles. The van der Waals surface area contributed by atoms with E-state index in [1.807, 2.05) is 24.3 Å². The second kappa shape index (κ2) is 9.18. The van der Waals surface area contributed by atoms with Crippen molar-refractivity contribution in [3.8, 4) is 11.5 Å². The zero-order valence-corrected chi connectivity index (χ0v) is 14.2. The number of rotatable bonds is 9. The number of β-amino-alcohol motifs (C(OH)–C–C–N with tert-alkyl or cyclic N) is 1. The molecule has 1 atom stereocenters. The van der Waals surface area contributed by atoms with E-state index in [-0.39, 0.29) is 12.1 Å². The first-order valence-electron chi connectivity index (χ1n) is 7.18. The first-order valence-corrected chi connectivity index (χ1v) is 8.58. The summed E-state index contributed by atoms with van der Waals surface area (Å²) in [5.41, 5.74) is -0.00323. The van der Waals surface area contributed by atoms with Gasteiger partial charge in [0.15, 0.2) is 0 Å². The van der Waals surface area contributed by atoms with E-state index >= 15 is 0 Å². The van der Waals surface area contributed by atoms with Crippen molar-refractivity contribution >= 4 is 11.8 Å². The van der Waals surface area contributed by atoms with Gasteiger partial charge in [0.25, 0.3) is 0 Å². The highest BCUT2D eigenvalue weighted by Gasteiger charge is 2.12. The lowest BCUT2D eigenvalue weighted by molar-refractivity contribution is 0.100. The van der Waals surface area contributed by atoms with Crippen molar-refractivity contribution in [1.82, 2.24) is 5.32 Å². The van der Waals surface area contributed by atoms with Crippen molar-refractivity contribution in [1.29, 1.82) is 0 Å². The molecule has 0 aliphatic carbocycles. The molecular weight excluding hydrogens is 286 g/mol. The summed E-state index contributed by atoms with van der Waals surface area (Å²) >= 11 is 1.76. The molecule has 0 saturated heterocycles. The summed E-state index contributed by atoms with van der Waals surface area (Å²) in [4.78, 5) is 0. The minimum atomic E-state index is -0.526. The zero-order chi connectivity index (χ0) is 15.7. The Labute approximate surface area is 132 Å². The van der Waals surface area contributed by atoms with Crippen molar-refractivity contribution in [3.63, 3.8) is 0 Å². The molecule has 1 rings (SSSR count). The van der Waals surface area contributed by atoms with Crippen LogP contribution in [0.3, 0.4) is 0 Å². The van der Waals surface area contributed by atoms with E-state index in [0.717, 1.165) is 17.3 Å². The van der Waals surface area contributed by atoms with Crippen molar-refractivity contribution < 1.29 is 14.6 Å². The summed E-state index contributed by atoms with van der Waals surface area (Å²) in [6, 6.07) is 7.49. The normalized spacial score (nSPS) is 13.0. The highest BCUT2D eigenvalue weighted by molar-refractivity contribution is 7.98. The Kier molecular flexibility index (Phi) is 7.93. The van der Waals surface area contributed by atoms with Crippen LogP contribution in [0.2, 0.25) is 0 Å². The third-order valence-electron chi connectivity index (χ3n) is 2.69. The lowest BCUT2D eigenvalue weighted by Gasteiger charge is -2.23. The molecule has 0 bridgehead atoms. The van der Waals surface area contributed by atoms with Crippen LogP contribution < -0.4 is 14.8 Å². The molecule has 0 aliphatic heterocycles. The van der Waals surface area contributed by atoms with Crippen LogP contribution in [-0.2, 0) is 0 Å². The molecule has 0 spiro atoms. The van der Waals surface area contributed by atoms with Gasteiger partial charge < -0.3 is 19.9 Å². The summed E-state index contributed by atoms with van der Waals surface area (Å²) in [5.74, 6) is 2.55. The third-order valence-corrected chi connectivity index (χ3v) is 3.27. The van der Waals surface area contributed by atoms with E-state index in [1.165, 1.54) is 0 Å². The number of ether oxygens (including phenoxy) is 2. The van der Waals surface area contributed by atoms with Crippen LogP contribution >= 0.6 is 11.8 Å². The fraction of sp³-hybridized carbons (Fsp3) is 0.625. The van der Waals surface area contributed by atoms with E-state index in [2.05, 4.69) is 32.3 Å². The first-order chi connectivity index (χ1) is 9.90. The van der Waals surface area contributed by atoms with Crippen molar-refractivity contribution in [2.45, 2.75) is 32.4 Å². The molecule has 1 unspecified atom stereocenters. The van der Waals surface area contributed by atoms with Gasteiger partial charge in [0.1, 0.15) is 24.2 Å².